The summed E-state index contributed by atoms with van der Waals surface area (Å²) in [6.07, 6.45) is -1.17. The first-order valence-electron chi connectivity index (χ1n) is 7.44. The second-order valence-corrected chi connectivity index (χ2v) is 5.47. The maximum Gasteiger partial charge on any atom is 0.251 e. The van der Waals surface area contributed by atoms with Gasteiger partial charge in [0, 0.05) is 12.7 Å². The van der Waals surface area contributed by atoms with E-state index in [1.807, 2.05) is 0 Å². The summed E-state index contributed by atoms with van der Waals surface area (Å²) in [5.41, 5.74) is 1.34. The summed E-state index contributed by atoms with van der Waals surface area (Å²) < 4.78 is 31.3. The molecule has 2 rings (SSSR count). The van der Waals surface area contributed by atoms with Crippen LogP contribution in [-0.4, -0.2) is 24.2 Å². The monoisotopic (exact) mass is 335 g/mol. The first-order valence-corrected chi connectivity index (χ1v) is 7.44. The number of carbonyl (C=O) groups is 1. The van der Waals surface area contributed by atoms with Gasteiger partial charge in [-0.2, -0.15) is 0 Å². The molecule has 6 heteroatoms. The van der Waals surface area contributed by atoms with Crippen molar-refractivity contribution in [2.45, 2.75) is 25.7 Å². The van der Waals surface area contributed by atoms with Gasteiger partial charge in [-0.25, -0.2) is 8.78 Å². The molecule has 0 saturated heterocycles. The van der Waals surface area contributed by atoms with Gasteiger partial charge in [-0.15, -0.1) is 0 Å². The van der Waals surface area contributed by atoms with E-state index in [1.165, 1.54) is 13.2 Å². The molecule has 2 atom stereocenters. The molecule has 0 bridgehead atoms. The quantitative estimate of drug-likeness (QED) is 0.853. The molecule has 0 fully saturated rings. The van der Waals surface area contributed by atoms with Gasteiger partial charge in [-0.3, -0.25) is 4.79 Å². The topological polar surface area (TPSA) is 58.6 Å². The third-order valence-electron chi connectivity index (χ3n) is 3.68. The third kappa shape index (κ3) is 4.15. The second-order valence-electron chi connectivity index (χ2n) is 5.47. The Hall–Kier alpha value is -2.31. The number of aliphatic hydroxyl groups excluding tert-OH is 1. The number of hydrogen-bond acceptors (Lipinski definition) is 3. The van der Waals surface area contributed by atoms with Gasteiger partial charge in [0.2, 0.25) is 0 Å². The number of amides is 1. The molecule has 2 aromatic carbocycles. The molecule has 2 N–H and O–H groups in total. The fourth-order valence-corrected chi connectivity index (χ4v) is 2.37. The predicted octanol–water partition coefficient (Wildman–Crippen LogP) is 2.96. The fraction of sp³-hybridized carbons (Fsp3) is 0.278. The molecule has 0 heterocycles. The van der Waals surface area contributed by atoms with Gasteiger partial charge in [0.1, 0.15) is 0 Å². The molecule has 2 unspecified atom stereocenters. The number of nitrogens with one attached hydrogen (secondary N) is 1. The van der Waals surface area contributed by atoms with Gasteiger partial charge < -0.3 is 15.2 Å². The Labute approximate surface area is 139 Å². The van der Waals surface area contributed by atoms with E-state index < -0.39 is 23.8 Å². The summed E-state index contributed by atoms with van der Waals surface area (Å²) >= 11 is 0. The number of halogens is 2. The molecule has 24 heavy (non-hydrogen) atoms. The molecule has 0 aliphatic heterocycles. The van der Waals surface area contributed by atoms with Crippen LogP contribution in [0.1, 0.15) is 34.5 Å². The lowest BCUT2D eigenvalue weighted by molar-refractivity contribution is 0.0847. The molecule has 128 valence electrons. The van der Waals surface area contributed by atoms with Crippen LogP contribution in [0.25, 0.3) is 0 Å². The van der Waals surface area contributed by atoms with Gasteiger partial charge in [0.15, 0.2) is 11.6 Å². The van der Waals surface area contributed by atoms with Crippen molar-refractivity contribution in [3.05, 3.63) is 70.8 Å². The minimum absolute atomic E-state index is 0.187. The lowest BCUT2D eigenvalue weighted by Gasteiger charge is -2.21. The Morgan fingerprint density at radius 2 is 1.92 bits per heavy atom. The molecular weight excluding hydrogens is 316 g/mol. The van der Waals surface area contributed by atoms with Crippen LogP contribution in [0, 0.1) is 11.6 Å². The van der Waals surface area contributed by atoms with Crippen LogP contribution >= 0.6 is 0 Å². The normalized spacial score (nSPS) is 13.4. The number of hydrogen-bond donors (Lipinski definition) is 2. The van der Waals surface area contributed by atoms with Crippen molar-refractivity contribution in [3.63, 3.8) is 0 Å². The van der Waals surface area contributed by atoms with E-state index in [-0.39, 0.29) is 18.1 Å². The molecule has 1 amide bonds. The fourth-order valence-electron chi connectivity index (χ4n) is 2.37. The summed E-state index contributed by atoms with van der Waals surface area (Å²) in [6.45, 7) is 1.87. The highest BCUT2D eigenvalue weighted by Gasteiger charge is 2.21. The maximum absolute atomic E-state index is 13.3. The summed E-state index contributed by atoms with van der Waals surface area (Å²) in [5, 5.41) is 12.9. The Bertz CT molecular complexity index is 721. The molecule has 2 aromatic rings. The van der Waals surface area contributed by atoms with Gasteiger partial charge in [-0.1, -0.05) is 24.3 Å². The Morgan fingerprint density at radius 1 is 1.21 bits per heavy atom. The van der Waals surface area contributed by atoms with E-state index in [0.29, 0.717) is 11.1 Å². The van der Waals surface area contributed by atoms with Crippen molar-refractivity contribution in [1.29, 1.82) is 0 Å². The molecule has 0 saturated carbocycles. The van der Waals surface area contributed by atoms with Crippen molar-refractivity contribution in [2.75, 3.05) is 7.11 Å². The molecule has 0 spiro atoms. The lowest BCUT2D eigenvalue weighted by Crippen LogP contribution is -2.37. The third-order valence-corrected chi connectivity index (χ3v) is 3.68. The van der Waals surface area contributed by atoms with E-state index in [0.717, 1.165) is 12.1 Å². The Morgan fingerprint density at radius 3 is 2.58 bits per heavy atom. The first kappa shape index (κ1) is 18.0. The zero-order valence-corrected chi connectivity index (χ0v) is 13.4. The molecular formula is C18H19F2NO3. The lowest BCUT2D eigenvalue weighted by atomic mass is 10.0. The first-order chi connectivity index (χ1) is 11.4. The van der Waals surface area contributed by atoms with Crippen molar-refractivity contribution in [3.8, 4) is 0 Å². The standard InChI is InChI=1S/C18H19F2NO3/c1-11(17(22)12-7-8-15(19)16(20)9-12)21-18(23)14-6-4-3-5-13(14)10-24-2/h3-9,11,17,22H,10H2,1-2H3,(H,21,23). The average molecular weight is 335 g/mol. The predicted molar refractivity (Wildman–Crippen MR) is 85.4 cm³/mol. The van der Waals surface area contributed by atoms with Crippen molar-refractivity contribution in [2.24, 2.45) is 0 Å². The highest BCUT2D eigenvalue weighted by Crippen LogP contribution is 2.20. The highest BCUT2D eigenvalue weighted by atomic mass is 19.2. The number of methoxy groups -OCH3 is 1. The van der Waals surface area contributed by atoms with Crippen LogP contribution in [0.2, 0.25) is 0 Å². The maximum atomic E-state index is 13.3. The van der Waals surface area contributed by atoms with Gasteiger partial charge in [0.25, 0.3) is 5.91 Å². The number of aliphatic hydroxyl groups is 1. The van der Waals surface area contributed by atoms with Crippen LogP contribution in [0.3, 0.4) is 0 Å². The van der Waals surface area contributed by atoms with Crippen LogP contribution in [-0.2, 0) is 11.3 Å². The molecule has 0 aliphatic carbocycles. The Balaban J connectivity index is 2.12. The summed E-state index contributed by atoms with van der Waals surface area (Å²) in [6, 6.07) is 9.39. The largest absolute Gasteiger partial charge is 0.386 e. The van der Waals surface area contributed by atoms with Gasteiger partial charge >= 0.3 is 0 Å². The van der Waals surface area contributed by atoms with Crippen LogP contribution in [0.5, 0.6) is 0 Å². The molecule has 4 nitrogen and oxygen atoms in total. The minimum atomic E-state index is -1.17. The van der Waals surface area contributed by atoms with E-state index in [1.54, 1.807) is 31.2 Å². The zero-order valence-electron chi connectivity index (χ0n) is 13.4. The number of ether oxygens (including phenoxy) is 1. The van der Waals surface area contributed by atoms with Gasteiger partial charge in [0.05, 0.1) is 18.8 Å². The van der Waals surface area contributed by atoms with E-state index in [4.69, 9.17) is 4.74 Å². The number of carbonyl (C=O) groups excluding carboxylic acids is 1. The second kappa shape index (κ2) is 7.99. The Kier molecular flexibility index (Phi) is 6.00. The summed E-state index contributed by atoms with van der Waals surface area (Å²) in [4.78, 5) is 12.4. The average Bonchev–Trinajstić information content (AvgIpc) is 2.57. The van der Waals surface area contributed by atoms with Crippen molar-refractivity contribution < 1.29 is 23.4 Å². The smallest absolute Gasteiger partial charge is 0.251 e. The highest BCUT2D eigenvalue weighted by molar-refractivity contribution is 5.95. The summed E-state index contributed by atoms with van der Waals surface area (Å²) in [5.74, 6) is -2.41. The molecule has 0 aliphatic rings. The van der Waals surface area contributed by atoms with Crippen LogP contribution in [0.4, 0.5) is 8.78 Å². The minimum Gasteiger partial charge on any atom is -0.386 e. The summed E-state index contributed by atoms with van der Waals surface area (Å²) in [7, 11) is 1.53. The van der Waals surface area contributed by atoms with Crippen LogP contribution < -0.4 is 5.32 Å². The zero-order chi connectivity index (χ0) is 17.7. The van der Waals surface area contributed by atoms with E-state index >= 15 is 0 Å². The number of benzene rings is 2. The van der Waals surface area contributed by atoms with E-state index in [9.17, 15) is 18.7 Å². The van der Waals surface area contributed by atoms with Crippen molar-refractivity contribution in [1.82, 2.24) is 5.32 Å². The van der Waals surface area contributed by atoms with Crippen molar-refractivity contribution >= 4 is 5.91 Å². The molecule has 0 aromatic heterocycles. The molecule has 0 radical (unpaired) electrons. The van der Waals surface area contributed by atoms with Crippen LogP contribution in [0.15, 0.2) is 42.5 Å². The van der Waals surface area contributed by atoms with E-state index in [2.05, 4.69) is 5.32 Å². The van der Waals surface area contributed by atoms with Gasteiger partial charge in [-0.05, 0) is 36.2 Å². The number of rotatable bonds is 6. The SMILES string of the molecule is COCc1ccccc1C(=O)NC(C)C(O)c1ccc(F)c(F)c1.